The summed E-state index contributed by atoms with van der Waals surface area (Å²) in [4.78, 5) is 40.5. The number of hydrogen-bond donors (Lipinski definition) is 2. The van der Waals surface area contributed by atoms with Crippen LogP contribution in [0, 0.1) is 11.3 Å². The van der Waals surface area contributed by atoms with Gasteiger partial charge < -0.3 is 15.5 Å². The molecule has 0 saturated carbocycles. The summed E-state index contributed by atoms with van der Waals surface area (Å²) < 4.78 is 0. The fourth-order valence-corrected chi connectivity index (χ4v) is 6.00. The molecule has 1 unspecified atom stereocenters. The van der Waals surface area contributed by atoms with Gasteiger partial charge in [-0.2, -0.15) is 5.26 Å². The summed E-state index contributed by atoms with van der Waals surface area (Å²) in [5.41, 5.74) is 2.16. The molecule has 1 aromatic heterocycles. The first kappa shape index (κ1) is 25.8. The zero-order valence-electron chi connectivity index (χ0n) is 19.8. The summed E-state index contributed by atoms with van der Waals surface area (Å²) in [6.45, 7) is 6.60. The highest BCUT2D eigenvalue weighted by molar-refractivity contribution is 8.00. The molecule has 0 radical (unpaired) electrons. The Hall–Kier alpha value is -2.83. The van der Waals surface area contributed by atoms with Crippen molar-refractivity contribution in [3.05, 3.63) is 40.3 Å². The lowest BCUT2D eigenvalue weighted by Gasteiger charge is -2.25. The van der Waals surface area contributed by atoms with Crippen LogP contribution in [0.3, 0.4) is 0 Å². The molecule has 2 N–H and O–H groups in total. The molecule has 34 heavy (non-hydrogen) atoms. The molecule has 0 spiro atoms. The Morgan fingerprint density at radius 3 is 2.74 bits per heavy atom. The number of fused-ring (bicyclic) bond motifs is 1. The molecule has 2 heterocycles. The number of nitrogens with zero attached hydrogens (tertiary/aromatic N) is 2. The van der Waals surface area contributed by atoms with Crippen LogP contribution in [-0.2, 0) is 27.3 Å². The first-order chi connectivity index (χ1) is 16.4. The first-order valence-corrected chi connectivity index (χ1v) is 13.2. The minimum atomic E-state index is -0.356. The summed E-state index contributed by atoms with van der Waals surface area (Å²) in [7, 11) is 0. The maximum Gasteiger partial charge on any atom is 0.238 e. The number of anilines is 2. The van der Waals surface area contributed by atoms with E-state index in [0.717, 1.165) is 28.2 Å². The van der Waals surface area contributed by atoms with Crippen molar-refractivity contribution in [1.82, 2.24) is 4.90 Å². The van der Waals surface area contributed by atoms with E-state index in [1.807, 2.05) is 38.1 Å². The Morgan fingerprint density at radius 1 is 1.26 bits per heavy atom. The summed E-state index contributed by atoms with van der Waals surface area (Å²) >= 11 is 2.81. The van der Waals surface area contributed by atoms with Crippen LogP contribution in [0.4, 0.5) is 10.7 Å². The van der Waals surface area contributed by atoms with E-state index in [-0.39, 0.29) is 23.0 Å². The topological polar surface area (TPSA) is 102 Å². The zero-order valence-corrected chi connectivity index (χ0v) is 21.4. The van der Waals surface area contributed by atoms with Crippen LogP contribution in [0.15, 0.2) is 29.2 Å². The van der Waals surface area contributed by atoms with E-state index in [2.05, 4.69) is 16.7 Å². The van der Waals surface area contributed by atoms with Gasteiger partial charge in [0.1, 0.15) is 11.1 Å². The lowest BCUT2D eigenvalue weighted by molar-refractivity contribution is -0.129. The van der Waals surface area contributed by atoms with Crippen LogP contribution >= 0.6 is 23.1 Å². The second-order valence-electron chi connectivity index (χ2n) is 8.19. The van der Waals surface area contributed by atoms with Gasteiger partial charge in [-0.25, -0.2) is 0 Å². The third-order valence-corrected chi connectivity index (χ3v) is 8.16. The number of benzene rings is 1. The van der Waals surface area contributed by atoms with E-state index in [9.17, 15) is 19.6 Å². The van der Waals surface area contributed by atoms with Crippen LogP contribution < -0.4 is 10.6 Å². The van der Waals surface area contributed by atoms with Gasteiger partial charge in [0, 0.05) is 35.3 Å². The van der Waals surface area contributed by atoms with Gasteiger partial charge in [-0.05, 0) is 43.0 Å². The lowest BCUT2D eigenvalue weighted by atomic mass is 10.0. The van der Waals surface area contributed by atoms with Crippen molar-refractivity contribution in [2.75, 3.05) is 17.2 Å². The fraction of sp³-hybridized carbons (Fsp3) is 0.440. The van der Waals surface area contributed by atoms with Gasteiger partial charge in [0.15, 0.2) is 0 Å². The van der Waals surface area contributed by atoms with Crippen molar-refractivity contribution < 1.29 is 14.4 Å². The van der Waals surface area contributed by atoms with Gasteiger partial charge in [0.2, 0.25) is 17.7 Å². The predicted octanol–water partition coefficient (Wildman–Crippen LogP) is 5.16. The van der Waals surface area contributed by atoms with Crippen LogP contribution in [0.5, 0.6) is 0 Å². The highest BCUT2D eigenvalue weighted by Crippen LogP contribution is 2.37. The maximum absolute atomic E-state index is 13.1. The van der Waals surface area contributed by atoms with Crippen molar-refractivity contribution in [1.29, 1.82) is 5.26 Å². The predicted molar refractivity (Wildman–Crippen MR) is 137 cm³/mol. The Balaban J connectivity index is 1.69. The van der Waals surface area contributed by atoms with Crippen LogP contribution in [0.25, 0.3) is 0 Å². The van der Waals surface area contributed by atoms with E-state index in [1.165, 1.54) is 23.1 Å². The smallest absolute Gasteiger partial charge is 0.238 e. The first-order valence-electron chi connectivity index (χ1n) is 11.5. The molecule has 9 heteroatoms. The number of thioether (sulfide) groups is 1. The van der Waals surface area contributed by atoms with E-state index >= 15 is 0 Å². The molecular weight excluding hydrogens is 468 g/mol. The van der Waals surface area contributed by atoms with Crippen molar-refractivity contribution in [3.63, 3.8) is 0 Å². The molecule has 1 atom stereocenters. The van der Waals surface area contributed by atoms with Gasteiger partial charge in [-0.15, -0.1) is 23.1 Å². The number of carbonyl (C=O) groups excluding carboxylic acids is 3. The molecule has 180 valence electrons. The van der Waals surface area contributed by atoms with Crippen LogP contribution in [0.1, 0.15) is 62.5 Å². The molecule has 2 aromatic rings. The SMILES string of the molecule is CCCCC(=O)Nc1cccc(SC(CC)C(=O)Nc2sc3c(c2C#N)CCN(C(C)=O)C3)c1. The van der Waals surface area contributed by atoms with Gasteiger partial charge in [0.25, 0.3) is 0 Å². The van der Waals surface area contributed by atoms with Gasteiger partial charge in [0.05, 0.1) is 17.4 Å². The van der Waals surface area contributed by atoms with E-state index < -0.39 is 0 Å². The zero-order chi connectivity index (χ0) is 24.7. The normalized spacial score (nSPS) is 13.5. The van der Waals surface area contributed by atoms with Crippen molar-refractivity contribution >= 4 is 51.5 Å². The van der Waals surface area contributed by atoms with Gasteiger partial charge in [-0.3, -0.25) is 14.4 Å². The minimum absolute atomic E-state index is 0.00868. The average Bonchev–Trinajstić information content (AvgIpc) is 3.17. The van der Waals surface area contributed by atoms with Crippen molar-refractivity contribution in [2.45, 2.75) is 69.6 Å². The van der Waals surface area contributed by atoms with Gasteiger partial charge >= 0.3 is 0 Å². The number of unbranched alkanes of at least 4 members (excludes halogenated alkanes) is 1. The largest absolute Gasteiger partial charge is 0.337 e. The quantitative estimate of drug-likeness (QED) is 0.465. The van der Waals surface area contributed by atoms with E-state index in [1.54, 1.807) is 11.8 Å². The van der Waals surface area contributed by atoms with E-state index in [0.29, 0.717) is 48.6 Å². The second kappa shape index (κ2) is 12.0. The highest BCUT2D eigenvalue weighted by Gasteiger charge is 2.27. The maximum atomic E-state index is 13.1. The van der Waals surface area contributed by atoms with Crippen LogP contribution in [0.2, 0.25) is 0 Å². The Labute approximate surface area is 208 Å². The second-order valence-corrected chi connectivity index (χ2v) is 10.6. The summed E-state index contributed by atoms with van der Waals surface area (Å²) in [5, 5.41) is 15.8. The Morgan fingerprint density at radius 2 is 2.06 bits per heavy atom. The summed E-state index contributed by atoms with van der Waals surface area (Å²) in [6.07, 6.45) is 3.53. The summed E-state index contributed by atoms with van der Waals surface area (Å²) in [5.74, 6) is -0.166. The highest BCUT2D eigenvalue weighted by atomic mass is 32.2. The number of thiophene rings is 1. The lowest BCUT2D eigenvalue weighted by Crippen LogP contribution is -2.33. The standard InChI is InChI=1S/C25H30N4O3S2/c1-4-6-10-23(31)27-17-8-7-9-18(13-17)33-21(5-2)24(32)28-25-20(14-26)19-11-12-29(16(3)30)15-22(19)34-25/h7-9,13,21H,4-6,10-12,15H2,1-3H3,(H,27,31)(H,28,32). The van der Waals surface area contributed by atoms with E-state index in [4.69, 9.17) is 0 Å². The van der Waals surface area contributed by atoms with Crippen molar-refractivity contribution in [3.8, 4) is 6.07 Å². The number of rotatable bonds is 9. The monoisotopic (exact) mass is 498 g/mol. The molecule has 0 fully saturated rings. The average molecular weight is 499 g/mol. The molecule has 0 saturated heterocycles. The molecule has 3 amide bonds. The van der Waals surface area contributed by atoms with Crippen LogP contribution in [-0.4, -0.2) is 34.4 Å². The molecule has 1 aliphatic rings. The third kappa shape index (κ3) is 6.39. The molecule has 0 bridgehead atoms. The number of amides is 3. The molecular formula is C25H30N4O3S2. The molecule has 0 aliphatic carbocycles. The Kier molecular flexibility index (Phi) is 9.13. The molecule has 7 nitrogen and oxygen atoms in total. The van der Waals surface area contributed by atoms with Gasteiger partial charge in [-0.1, -0.05) is 26.3 Å². The summed E-state index contributed by atoms with van der Waals surface area (Å²) in [6, 6.07) is 9.75. The molecule has 3 rings (SSSR count). The molecule has 1 aromatic carbocycles. The number of nitrogens with one attached hydrogen (secondary N) is 2. The van der Waals surface area contributed by atoms with Crippen molar-refractivity contribution in [2.24, 2.45) is 0 Å². The fourth-order valence-electron chi connectivity index (χ4n) is 3.77. The number of carbonyl (C=O) groups is 3. The Bertz CT molecular complexity index is 1110. The molecule has 1 aliphatic heterocycles. The number of nitriles is 1. The number of hydrogen-bond acceptors (Lipinski definition) is 6. The minimum Gasteiger partial charge on any atom is -0.337 e. The third-order valence-electron chi connectivity index (χ3n) is 5.67.